The minimum absolute atomic E-state index is 0.182. The van der Waals surface area contributed by atoms with Gasteiger partial charge in [0.05, 0.1) is 25.0 Å². The zero-order chi connectivity index (χ0) is 19.7. The van der Waals surface area contributed by atoms with Gasteiger partial charge in [-0.15, -0.1) is 0 Å². The summed E-state index contributed by atoms with van der Waals surface area (Å²) >= 11 is 0. The van der Waals surface area contributed by atoms with Crippen molar-refractivity contribution in [3.63, 3.8) is 0 Å². The maximum absolute atomic E-state index is 10.2. The highest BCUT2D eigenvalue weighted by Gasteiger charge is 2.32. The van der Waals surface area contributed by atoms with Crippen molar-refractivity contribution in [3.8, 4) is 17.2 Å². The summed E-state index contributed by atoms with van der Waals surface area (Å²) in [6, 6.07) is 12.0. The van der Waals surface area contributed by atoms with E-state index in [1.165, 1.54) is 0 Å². The zero-order valence-corrected chi connectivity index (χ0v) is 16.3. The van der Waals surface area contributed by atoms with E-state index < -0.39 is 5.60 Å². The molecule has 1 aromatic heterocycles. The highest BCUT2D eigenvalue weighted by Crippen LogP contribution is 2.35. The average molecular weight is 382 g/mol. The van der Waals surface area contributed by atoms with Crippen LogP contribution in [0, 0.1) is 6.92 Å². The molecule has 4 rings (SSSR count). The first-order valence-corrected chi connectivity index (χ1v) is 9.61. The van der Waals surface area contributed by atoms with E-state index >= 15 is 0 Å². The van der Waals surface area contributed by atoms with Crippen LogP contribution in [0.2, 0.25) is 0 Å². The number of aromatic nitrogens is 1. The Bertz CT molecular complexity index is 974. The summed E-state index contributed by atoms with van der Waals surface area (Å²) in [6.45, 7) is 3.88. The molecule has 1 fully saturated rings. The Morgan fingerprint density at radius 2 is 1.86 bits per heavy atom. The summed E-state index contributed by atoms with van der Waals surface area (Å²) in [5.41, 5.74) is 0.908. The van der Waals surface area contributed by atoms with Gasteiger partial charge in [-0.1, -0.05) is 24.3 Å². The molecule has 0 spiro atoms. The first-order valence-electron chi connectivity index (χ1n) is 9.61. The minimum atomic E-state index is -0.942. The Labute approximate surface area is 164 Å². The van der Waals surface area contributed by atoms with E-state index in [-0.39, 0.29) is 6.61 Å². The Kier molecular flexibility index (Phi) is 5.10. The smallest absolute Gasteiger partial charge is 0.227 e. The molecule has 2 heterocycles. The van der Waals surface area contributed by atoms with Crippen molar-refractivity contribution in [2.45, 2.75) is 31.9 Å². The van der Waals surface area contributed by atoms with Crippen molar-refractivity contribution in [2.75, 3.05) is 26.8 Å². The highest BCUT2D eigenvalue weighted by molar-refractivity contribution is 5.98. The van der Waals surface area contributed by atoms with E-state index in [1.807, 2.05) is 43.3 Å². The molecule has 6 nitrogen and oxygen atoms in total. The largest absolute Gasteiger partial charge is 0.496 e. The van der Waals surface area contributed by atoms with E-state index in [2.05, 4.69) is 4.90 Å². The Morgan fingerprint density at radius 1 is 1.14 bits per heavy atom. The number of oxazole rings is 1. The lowest BCUT2D eigenvalue weighted by Crippen LogP contribution is -2.46. The van der Waals surface area contributed by atoms with Gasteiger partial charge in [-0.25, -0.2) is 4.98 Å². The number of aliphatic hydroxyl groups is 2. The van der Waals surface area contributed by atoms with Gasteiger partial charge in [-0.2, -0.15) is 0 Å². The molecular formula is C22H26N2O4. The van der Waals surface area contributed by atoms with Crippen LogP contribution in [0.1, 0.15) is 24.3 Å². The summed E-state index contributed by atoms with van der Waals surface area (Å²) < 4.78 is 11.5. The molecule has 1 saturated heterocycles. The van der Waals surface area contributed by atoms with Crippen LogP contribution in [-0.4, -0.2) is 52.5 Å². The lowest BCUT2D eigenvalue weighted by Gasteiger charge is -2.36. The van der Waals surface area contributed by atoms with Gasteiger partial charge in [0.15, 0.2) is 0 Å². The van der Waals surface area contributed by atoms with Gasteiger partial charge in [0.25, 0.3) is 0 Å². The molecule has 0 amide bonds. The van der Waals surface area contributed by atoms with E-state index in [9.17, 15) is 10.2 Å². The van der Waals surface area contributed by atoms with Gasteiger partial charge in [0.1, 0.15) is 11.5 Å². The Balaban J connectivity index is 1.60. The fraction of sp³-hybridized carbons (Fsp3) is 0.409. The minimum Gasteiger partial charge on any atom is -0.496 e. The van der Waals surface area contributed by atoms with Crippen LogP contribution in [0.25, 0.3) is 22.2 Å². The standard InChI is InChI=1S/C22H26N2O4/c1-15-19(13-24-11-9-22(26,14-25)10-12-24)23-21(28-15)18-7-8-20(27-2)17-6-4-3-5-16(17)18/h3-8,25-26H,9-14H2,1-2H3. The SMILES string of the molecule is COc1ccc(-c2nc(CN3CCC(O)(CO)CC3)c(C)o2)c2ccccc12. The van der Waals surface area contributed by atoms with Gasteiger partial charge < -0.3 is 19.4 Å². The molecule has 1 aliphatic heterocycles. The van der Waals surface area contributed by atoms with Crippen LogP contribution in [0.15, 0.2) is 40.8 Å². The maximum Gasteiger partial charge on any atom is 0.227 e. The second kappa shape index (κ2) is 7.54. The lowest BCUT2D eigenvalue weighted by atomic mass is 9.92. The van der Waals surface area contributed by atoms with Crippen LogP contribution < -0.4 is 4.74 Å². The van der Waals surface area contributed by atoms with Crippen molar-refractivity contribution in [3.05, 3.63) is 47.9 Å². The molecule has 2 aromatic carbocycles. The summed E-state index contributed by atoms with van der Waals surface area (Å²) in [5, 5.41) is 21.6. The third kappa shape index (κ3) is 3.51. The first kappa shape index (κ1) is 18.9. The molecule has 3 aromatic rings. The molecular weight excluding hydrogens is 356 g/mol. The number of piperidine rings is 1. The second-order valence-corrected chi connectivity index (χ2v) is 7.54. The molecule has 148 valence electrons. The van der Waals surface area contributed by atoms with E-state index in [0.717, 1.165) is 46.6 Å². The molecule has 0 atom stereocenters. The molecule has 0 bridgehead atoms. The van der Waals surface area contributed by atoms with Crippen LogP contribution in [0.5, 0.6) is 5.75 Å². The Hall–Kier alpha value is -2.41. The predicted molar refractivity (Wildman–Crippen MR) is 107 cm³/mol. The van der Waals surface area contributed by atoms with Crippen molar-refractivity contribution in [1.29, 1.82) is 0 Å². The Morgan fingerprint density at radius 3 is 2.54 bits per heavy atom. The number of ether oxygens (including phenoxy) is 1. The number of aliphatic hydroxyl groups excluding tert-OH is 1. The summed E-state index contributed by atoms with van der Waals surface area (Å²) in [5.74, 6) is 2.24. The maximum atomic E-state index is 10.2. The third-order valence-electron chi connectivity index (χ3n) is 5.68. The van der Waals surface area contributed by atoms with Crippen LogP contribution in [0.4, 0.5) is 0 Å². The predicted octanol–water partition coefficient (Wildman–Crippen LogP) is 3.13. The number of hydrogen-bond acceptors (Lipinski definition) is 6. The van der Waals surface area contributed by atoms with Gasteiger partial charge in [-0.05, 0) is 37.3 Å². The molecule has 28 heavy (non-hydrogen) atoms. The van der Waals surface area contributed by atoms with Crippen LogP contribution in [-0.2, 0) is 6.54 Å². The van der Waals surface area contributed by atoms with Crippen molar-refractivity contribution >= 4 is 10.8 Å². The number of nitrogens with zero attached hydrogens (tertiary/aromatic N) is 2. The molecule has 0 unspecified atom stereocenters. The first-order chi connectivity index (χ1) is 13.5. The number of likely N-dealkylation sites (tertiary alicyclic amines) is 1. The van der Waals surface area contributed by atoms with Gasteiger partial charge in [0, 0.05) is 30.6 Å². The fourth-order valence-corrected chi connectivity index (χ4v) is 3.82. The number of rotatable bonds is 5. The number of methoxy groups -OCH3 is 1. The van der Waals surface area contributed by atoms with E-state index in [4.69, 9.17) is 14.1 Å². The van der Waals surface area contributed by atoms with E-state index in [1.54, 1.807) is 7.11 Å². The zero-order valence-electron chi connectivity index (χ0n) is 16.3. The topological polar surface area (TPSA) is 79.0 Å². The summed E-state index contributed by atoms with van der Waals surface area (Å²) in [6.07, 6.45) is 1.13. The van der Waals surface area contributed by atoms with Gasteiger partial charge in [-0.3, -0.25) is 4.90 Å². The number of hydrogen-bond donors (Lipinski definition) is 2. The molecule has 2 N–H and O–H groups in total. The second-order valence-electron chi connectivity index (χ2n) is 7.54. The van der Waals surface area contributed by atoms with Crippen LogP contribution in [0.3, 0.4) is 0 Å². The van der Waals surface area contributed by atoms with Crippen LogP contribution >= 0.6 is 0 Å². The number of aryl methyl sites for hydroxylation is 1. The highest BCUT2D eigenvalue weighted by atomic mass is 16.5. The summed E-state index contributed by atoms with van der Waals surface area (Å²) in [7, 11) is 1.67. The molecule has 0 saturated carbocycles. The number of benzene rings is 2. The average Bonchev–Trinajstić information content (AvgIpc) is 3.09. The normalized spacial score (nSPS) is 17.1. The third-order valence-corrected chi connectivity index (χ3v) is 5.68. The molecule has 0 aliphatic carbocycles. The van der Waals surface area contributed by atoms with Crippen molar-refractivity contribution in [1.82, 2.24) is 9.88 Å². The molecule has 6 heteroatoms. The van der Waals surface area contributed by atoms with Gasteiger partial charge in [0.2, 0.25) is 5.89 Å². The van der Waals surface area contributed by atoms with E-state index in [0.29, 0.717) is 25.3 Å². The lowest BCUT2D eigenvalue weighted by molar-refractivity contribution is -0.0608. The van der Waals surface area contributed by atoms with Gasteiger partial charge >= 0.3 is 0 Å². The monoisotopic (exact) mass is 382 g/mol. The molecule has 1 aliphatic rings. The number of fused-ring (bicyclic) bond motifs is 1. The van der Waals surface area contributed by atoms with Crippen molar-refractivity contribution in [2.24, 2.45) is 0 Å². The quantitative estimate of drug-likeness (QED) is 0.706. The summed E-state index contributed by atoms with van der Waals surface area (Å²) in [4.78, 5) is 7.02. The van der Waals surface area contributed by atoms with Crippen molar-refractivity contribution < 1.29 is 19.4 Å². The molecule has 0 radical (unpaired) electrons. The fourth-order valence-electron chi connectivity index (χ4n) is 3.82.